The van der Waals surface area contributed by atoms with Crippen molar-refractivity contribution in [1.82, 2.24) is 10.3 Å². The van der Waals surface area contributed by atoms with Crippen LogP contribution in [0.25, 0.3) is 0 Å². The summed E-state index contributed by atoms with van der Waals surface area (Å²) in [6, 6.07) is 6.26. The minimum atomic E-state index is -0.677. The summed E-state index contributed by atoms with van der Waals surface area (Å²) in [5, 5.41) is 13.5. The zero-order valence-electron chi connectivity index (χ0n) is 15.1. The van der Waals surface area contributed by atoms with Gasteiger partial charge in [-0.2, -0.15) is 0 Å². The molecule has 0 unspecified atom stereocenters. The molecule has 1 heterocycles. The highest BCUT2D eigenvalue weighted by Crippen LogP contribution is 2.38. The van der Waals surface area contributed by atoms with Crippen molar-refractivity contribution in [2.75, 3.05) is 27.9 Å². The van der Waals surface area contributed by atoms with Crippen LogP contribution < -0.4 is 24.3 Å². The number of methoxy groups -OCH3 is 3. The Kier molecular flexibility index (Phi) is 6.75. The van der Waals surface area contributed by atoms with Crippen molar-refractivity contribution in [2.45, 2.75) is 6.54 Å². The number of nitrogens with zero attached hydrogens (tertiary/aromatic N) is 2. The molecule has 0 radical (unpaired) electrons. The Balaban J connectivity index is 1.99. The SMILES string of the molecule is COc1cc(CNC(=O)COc2cccnc2[N+](=O)[O-])cc(OC)c1OC. The maximum Gasteiger partial charge on any atom is 0.406 e. The molecule has 27 heavy (non-hydrogen) atoms. The third-order valence-corrected chi connectivity index (χ3v) is 3.50. The molecule has 1 aromatic carbocycles. The molecule has 0 fully saturated rings. The summed E-state index contributed by atoms with van der Waals surface area (Å²) < 4.78 is 20.9. The highest BCUT2D eigenvalue weighted by Gasteiger charge is 2.17. The smallest absolute Gasteiger partial charge is 0.406 e. The van der Waals surface area contributed by atoms with Gasteiger partial charge in [-0.25, -0.2) is 0 Å². The molecule has 10 nitrogen and oxygen atoms in total. The molecule has 0 atom stereocenters. The Hall–Kier alpha value is -3.56. The summed E-state index contributed by atoms with van der Waals surface area (Å²) in [6.45, 7) is -0.217. The summed E-state index contributed by atoms with van der Waals surface area (Å²) in [7, 11) is 4.49. The molecule has 0 bridgehead atoms. The predicted molar refractivity (Wildman–Crippen MR) is 94.3 cm³/mol. The number of ether oxygens (including phenoxy) is 4. The molecule has 1 amide bonds. The number of carbonyl (C=O) groups excluding carboxylic acids is 1. The Labute approximate surface area is 155 Å². The van der Waals surface area contributed by atoms with Crippen molar-refractivity contribution < 1.29 is 28.7 Å². The first-order valence-electron chi connectivity index (χ1n) is 7.78. The van der Waals surface area contributed by atoms with E-state index in [-0.39, 0.29) is 12.3 Å². The molecule has 0 spiro atoms. The van der Waals surface area contributed by atoms with E-state index in [9.17, 15) is 14.9 Å². The van der Waals surface area contributed by atoms with Crippen LogP contribution in [0.2, 0.25) is 0 Å². The molecule has 2 rings (SSSR count). The first kappa shape index (κ1) is 19.8. The number of hydrogen-bond acceptors (Lipinski definition) is 8. The number of aromatic nitrogens is 1. The zero-order valence-corrected chi connectivity index (χ0v) is 15.1. The minimum absolute atomic E-state index is 0.0783. The van der Waals surface area contributed by atoms with E-state index in [2.05, 4.69) is 10.3 Å². The molecule has 0 aliphatic rings. The van der Waals surface area contributed by atoms with Crippen molar-refractivity contribution in [3.63, 3.8) is 0 Å². The summed E-state index contributed by atoms with van der Waals surface area (Å²) in [5.74, 6) is 0.385. The van der Waals surface area contributed by atoms with E-state index in [4.69, 9.17) is 18.9 Å². The molecular weight excluding hydrogens is 358 g/mol. The monoisotopic (exact) mass is 377 g/mol. The van der Waals surface area contributed by atoms with Crippen LogP contribution in [-0.4, -0.2) is 43.8 Å². The number of pyridine rings is 1. The van der Waals surface area contributed by atoms with Crippen LogP contribution in [0, 0.1) is 10.1 Å². The second-order valence-electron chi connectivity index (χ2n) is 5.18. The summed E-state index contributed by atoms with van der Waals surface area (Å²) >= 11 is 0. The Morgan fingerprint density at radius 1 is 1.15 bits per heavy atom. The highest BCUT2D eigenvalue weighted by atomic mass is 16.6. The topological polar surface area (TPSA) is 122 Å². The van der Waals surface area contributed by atoms with Crippen LogP contribution >= 0.6 is 0 Å². The van der Waals surface area contributed by atoms with Gasteiger partial charge in [0.2, 0.25) is 11.5 Å². The summed E-state index contributed by atoms with van der Waals surface area (Å²) in [4.78, 5) is 25.8. The number of rotatable bonds is 9. The van der Waals surface area contributed by atoms with Crippen LogP contribution in [-0.2, 0) is 11.3 Å². The van der Waals surface area contributed by atoms with Gasteiger partial charge >= 0.3 is 5.82 Å². The molecule has 144 valence electrons. The lowest BCUT2D eigenvalue weighted by atomic mass is 10.1. The summed E-state index contributed by atoms with van der Waals surface area (Å²) in [5.41, 5.74) is 0.713. The zero-order chi connectivity index (χ0) is 19.8. The second kappa shape index (κ2) is 9.22. The standard InChI is InChI=1S/C17H19N3O7/c1-24-13-7-11(8-14(25-2)16(13)26-3)9-19-15(21)10-27-12-5-4-6-18-17(12)20(22)23/h4-8H,9-10H2,1-3H3,(H,19,21). The van der Waals surface area contributed by atoms with E-state index in [0.717, 1.165) is 0 Å². The molecule has 0 aliphatic heterocycles. The molecular formula is C17H19N3O7. The molecule has 1 aromatic heterocycles. The number of nitro groups is 1. The first-order valence-corrected chi connectivity index (χ1v) is 7.78. The van der Waals surface area contributed by atoms with Crippen molar-refractivity contribution in [3.05, 3.63) is 46.1 Å². The summed E-state index contributed by atoms with van der Waals surface area (Å²) in [6.07, 6.45) is 1.27. The van der Waals surface area contributed by atoms with E-state index in [1.807, 2.05) is 0 Å². The van der Waals surface area contributed by atoms with Gasteiger partial charge in [0.05, 0.1) is 21.3 Å². The number of benzene rings is 1. The first-order chi connectivity index (χ1) is 13.0. The van der Waals surface area contributed by atoms with E-state index in [1.165, 1.54) is 39.7 Å². The molecule has 1 N–H and O–H groups in total. The Morgan fingerprint density at radius 2 is 1.81 bits per heavy atom. The Bertz CT molecular complexity index is 801. The quantitative estimate of drug-likeness (QED) is 0.518. The van der Waals surface area contributed by atoms with Crippen LogP contribution in [0.15, 0.2) is 30.5 Å². The Morgan fingerprint density at radius 3 is 2.37 bits per heavy atom. The van der Waals surface area contributed by atoms with Crippen LogP contribution in [0.3, 0.4) is 0 Å². The van der Waals surface area contributed by atoms with Gasteiger partial charge in [-0.15, -0.1) is 0 Å². The maximum atomic E-state index is 12.0. The lowest BCUT2D eigenvalue weighted by Crippen LogP contribution is -2.28. The maximum absolute atomic E-state index is 12.0. The van der Waals surface area contributed by atoms with Gasteiger partial charge in [-0.3, -0.25) is 4.79 Å². The number of carbonyl (C=O) groups is 1. The average molecular weight is 377 g/mol. The van der Waals surface area contributed by atoms with E-state index in [0.29, 0.717) is 22.8 Å². The van der Waals surface area contributed by atoms with Gasteiger partial charge in [-0.05, 0) is 39.7 Å². The van der Waals surface area contributed by atoms with Crippen molar-refractivity contribution in [2.24, 2.45) is 0 Å². The minimum Gasteiger partial charge on any atom is -0.493 e. The highest BCUT2D eigenvalue weighted by molar-refractivity contribution is 5.77. The average Bonchev–Trinajstić information content (AvgIpc) is 2.69. The fraction of sp³-hybridized carbons (Fsp3) is 0.294. The predicted octanol–water partition coefficient (Wildman–Crippen LogP) is 1.71. The van der Waals surface area contributed by atoms with Crippen LogP contribution in [0.5, 0.6) is 23.0 Å². The van der Waals surface area contributed by atoms with Crippen molar-refractivity contribution in [3.8, 4) is 23.0 Å². The number of amides is 1. The van der Waals surface area contributed by atoms with Gasteiger partial charge in [0.15, 0.2) is 18.1 Å². The van der Waals surface area contributed by atoms with Crippen molar-refractivity contribution >= 4 is 11.7 Å². The van der Waals surface area contributed by atoms with E-state index < -0.39 is 23.3 Å². The van der Waals surface area contributed by atoms with Gasteiger partial charge < -0.3 is 34.4 Å². The molecule has 0 saturated heterocycles. The van der Waals surface area contributed by atoms with Crippen LogP contribution in [0.4, 0.5) is 5.82 Å². The van der Waals surface area contributed by atoms with Gasteiger partial charge in [0.25, 0.3) is 5.91 Å². The third-order valence-electron chi connectivity index (χ3n) is 3.50. The van der Waals surface area contributed by atoms with E-state index in [1.54, 1.807) is 12.1 Å². The molecule has 10 heteroatoms. The van der Waals surface area contributed by atoms with Gasteiger partial charge in [0.1, 0.15) is 6.20 Å². The van der Waals surface area contributed by atoms with Crippen LogP contribution in [0.1, 0.15) is 5.56 Å². The second-order valence-corrected chi connectivity index (χ2v) is 5.18. The van der Waals surface area contributed by atoms with Gasteiger partial charge in [0, 0.05) is 6.54 Å². The fourth-order valence-corrected chi connectivity index (χ4v) is 2.26. The molecule has 0 aliphatic carbocycles. The number of hydrogen-bond donors (Lipinski definition) is 1. The van der Waals surface area contributed by atoms with Crippen molar-refractivity contribution in [1.29, 1.82) is 0 Å². The largest absolute Gasteiger partial charge is 0.493 e. The fourth-order valence-electron chi connectivity index (χ4n) is 2.26. The normalized spacial score (nSPS) is 10.0. The molecule has 2 aromatic rings. The number of nitrogens with one attached hydrogen (secondary N) is 1. The third kappa shape index (κ3) is 4.97. The lowest BCUT2D eigenvalue weighted by molar-refractivity contribution is -0.390. The lowest BCUT2D eigenvalue weighted by Gasteiger charge is -2.14. The van der Waals surface area contributed by atoms with Gasteiger partial charge in [-0.1, -0.05) is 0 Å². The van der Waals surface area contributed by atoms with E-state index >= 15 is 0 Å². The molecule has 0 saturated carbocycles.